The molecule has 1 saturated heterocycles. The minimum absolute atomic E-state index is 0.294. The van der Waals surface area contributed by atoms with Gasteiger partial charge in [0.2, 0.25) is 23.7 Å². The third-order valence-corrected chi connectivity index (χ3v) is 12.3. The Bertz CT molecular complexity index is 2860. The number of aromatic nitrogens is 7. The maximum atomic E-state index is 12.3. The van der Waals surface area contributed by atoms with Gasteiger partial charge < -0.3 is 54.9 Å². The zero-order valence-corrected chi connectivity index (χ0v) is 43.5. The summed E-state index contributed by atoms with van der Waals surface area (Å²) in [5.74, 6) is 1.24. The molecule has 1 fully saturated rings. The van der Waals surface area contributed by atoms with Crippen molar-refractivity contribution in [3.8, 4) is 34.0 Å². The number of nitrogens with one attached hydrogen (secondary N) is 4. The van der Waals surface area contributed by atoms with Crippen molar-refractivity contribution in [2.45, 2.75) is 25.8 Å². The van der Waals surface area contributed by atoms with E-state index in [2.05, 4.69) is 93.2 Å². The monoisotopic (exact) mass is 1010 g/mol. The number of carbonyl (C=O) groups is 2. The summed E-state index contributed by atoms with van der Waals surface area (Å²) in [5.41, 5.74) is 7.83. The predicted molar refractivity (Wildman–Crippen MR) is 286 cm³/mol. The van der Waals surface area contributed by atoms with Crippen molar-refractivity contribution in [2.24, 2.45) is 14.1 Å². The van der Waals surface area contributed by atoms with Crippen LogP contribution in [0.2, 0.25) is 10.0 Å². The summed E-state index contributed by atoms with van der Waals surface area (Å²) in [6, 6.07) is 9.89. The van der Waals surface area contributed by atoms with E-state index in [1.54, 1.807) is 37.4 Å². The fourth-order valence-electron chi connectivity index (χ4n) is 7.87. The van der Waals surface area contributed by atoms with E-state index in [0.29, 0.717) is 73.6 Å². The second kappa shape index (κ2) is 24.1. The lowest BCUT2D eigenvalue weighted by molar-refractivity contribution is -0.112. The standard InChI is InChI=1S/C26H33ClN8O2.C24H30ClN7O2/c1-7-24(36)29-20-12-21(23(37-6)13-22(20)35-10-8-17(9-11-35)33(3)4)30-26-28-14-19(27)25(31-26)18-15-34(5)32-16(18)2;1-7-22(33)27-18-12-19(21(34-6)13-20(18)32(5)11-10-30(2)3)28-24-26-14-17(25)23(29-24)16-8-9-31(4)15-16/h7,12-15,17H,1,8-11H2,2-6H3,(H,29,36)(H,28,30,31);7-9,12-15H,1,10-11H2,2-6H3,(H,27,33)(H,26,28,29). The van der Waals surface area contributed by atoms with Gasteiger partial charge in [0.25, 0.3) is 0 Å². The molecule has 1 aliphatic heterocycles. The van der Waals surface area contributed by atoms with Crippen LogP contribution in [0.1, 0.15) is 18.5 Å². The van der Waals surface area contributed by atoms with Crippen LogP contribution in [0.5, 0.6) is 11.5 Å². The maximum absolute atomic E-state index is 12.3. The average Bonchev–Trinajstić information content (AvgIpc) is 3.94. The van der Waals surface area contributed by atoms with Gasteiger partial charge in [-0.05, 0) is 78.3 Å². The molecule has 6 aromatic rings. The highest BCUT2D eigenvalue weighted by Gasteiger charge is 2.25. The fourth-order valence-corrected chi connectivity index (χ4v) is 8.27. The topological polar surface area (TPSA) is 188 Å². The number of rotatable bonds is 18. The first kappa shape index (κ1) is 53.2. The Hall–Kier alpha value is -7.19. The van der Waals surface area contributed by atoms with E-state index in [4.69, 9.17) is 32.7 Å². The summed E-state index contributed by atoms with van der Waals surface area (Å²) >= 11 is 12.8. The summed E-state index contributed by atoms with van der Waals surface area (Å²) in [6.07, 6.45) is 13.4. The molecule has 0 atom stereocenters. The van der Waals surface area contributed by atoms with Crippen LogP contribution in [0.3, 0.4) is 0 Å². The van der Waals surface area contributed by atoms with Gasteiger partial charge in [0.05, 0.1) is 87.9 Å². The van der Waals surface area contributed by atoms with Crippen LogP contribution in [-0.2, 0) is 23.7 Å². The van der Waals surface area contributed by atoms with E-state index in [9.17, 15) is 9.59 Å². The van der Waals surface area contributed by atoms with Crippen molar-refractivity contribution >= 4 is 81.0 Å². The van der Waals surface area contributed by atoms with Crippen LogP contribution in [0, 0.1) is 6.92 Å². The highest BCUT2D eigenvalue weighted by atomic mass is 35.5. The van der Waals surface area contributed by atoms with Gasteiger partial charge in [0.15, 0.2) is 0 Å². The Balaban J connectivity index is 0.000000233. The molecule has 0 spiro atoms. The van der Waals surface area contributed by atoms with Gasteiger partial charge in [-0.15, -0.1) is 0 Å². The Labute approximate surface area is 425 Å². The van der Waals surface area contributed by atoms with Gasteiger partial charge in [-0.25, -0.2) is 19.9 Å². The molecule has 0 aliphatic carbocycles. The number of nitrogens with zero attached hydrogens (tertiary/aromatic N) is 11. The van der Waals surface area contributed by atoms with Crippen LogP contribution in [-0.4, -0.2) is 138 Å². The molecule has 5 heterocycles. The fraction of sp³-hybridized carbons (Fsp3) is 0.340. The van der Waals surface area contributed by atoms with Gasteiger partial charge in [-0.1, -0.05) is 36.4 Å². The number of methoxy groups -OCH3 is 2. The zero-order valence-electron chi connectivity index (χ0n) is 42.0. The third kappa shape index (κ3) is 13.6. The highest BCUT2D eigenvalue weighted by molar-refractivity contribution is 6.33. The quantitative estimate of drug-likeness (QED) is 0.0602. The van der Waals surface area contributed by atoms with Crippen LogP contribution in [0.15, 0.2) is 86.6 Å². The molecule has 0 unspecified atom stereocenters. The SMILES string of the molecule is C=CC(=O)Nc1cc(Nc2ncc(Cl)c(-c3ccn(C)c3)n2)c(OC)cc1N(C)CCN(C)C.C=CC(=O)Nc1cc(Nc2ncc(Cl)c(-c3cn(C)nc3C)n2)c(OC)cc1N1CCC(N(C)C)CC1. The van der Waals surface area contributed by atoms with E-state index >= 15 is 0 Å². The molecule has 1 aliphatic rings. The minimum Gasteiger partial charge on any atom is -0.494 e. The summed E-state index contributed by atoms with van der Waals surface area (Å²) in [4.78, 5) is 51.0. The lowest BCUT2D eigenvalue weighted by Gasteiger charge is -2.37. The molecule has 21 heteroatoms. The summed E-state index contributed by atoms with van der Waals surface area (Å²) in [7, 11) is 17.2. The Morgan fingerprint density at radius 1 is 0.789 bits per heavy atom. The number of carbonyl (C=O) groups excluding carboxylic acids is 2. The number of ether oxygens (including phenoxy) is 2. The molecule has 0 radical (unpaired) electrons. The first-order valence-corrected chi connectivity index (χ1v) is 23.5. The summed E-state index contributed by atoms with van der Waals surface area (Å²) in [5, 5.41) is 17.5. The van der Waals surface area contributed by atoms with Crippen LogP contribution >= 0.6 is 23.2 Å². The lowest BCUT2D eigenvalue weighted by Crippen LogP contribution is -2.42. The van der Waals surface area contributed by atoms with Crippen molar-refractivity contribution in [3.63, 3.8) is 0 Å². The lowest BCUT2D eigenvalue weighted by atomic mass is 10.0. The van der Waals surface area contributed by atoms with E-state index < -0.39 is 0 Å². The molecule has 19 nitrogen and oxygen atoms in total. The van der Waals surface area contributed by atoms with Crippen LogP contribution in [0.4, 0.5) is 46.0 Å². The van der Waals surface area contributed by atoms with Gasteiger partial charge in [-0.2, -0.15) is 5.10 Å². The number of hydrogen-bond acceptors (Lipinski definition) is 15. The van der Waals surface area contributed by atoms with E-state index in [1.165, 1.54) is 12.2 Å². The molecular weight excluding hydrogens is 946 g/mol. The predicted octanol–water partition coefficient (Wildman–Crippen LogP) is 8.26. The zero-order chi connectivity index (χ0) is 51.5. The molecule has 2 amide bonds. The molecule has 4 aromatic heterocycles. The summed E-state index contributed by atoms with van der Waals surface area (Å²) < 4.78 is 15.0. The van der Waals surface area contributed by atoms with Crippen molar-refractivity contribution in [2.75, 3.05) is 107 Å². The van der Waals surface area contributed by atoms with Crippen molar-refractivity contribution in [3.05, 3.63) is 102 Å². The molecular formula is C50H63Cl2N15O4. The van der Waals surface area contributed by atoms with E-state index in [0.717, 1.165) is 67.2 Å². The molecule has 2 aromatic carbocycles. The number of anilines is 8. The third-order valence-electron chi connectivity index (χ3n) is 11.7. The number of aryl methyl sites for hydroxylation is 3. The van der Waals surface area contributed by atoms with Gasteiger partial charge in [-0.3, -0.25) is 14.3 Å². The van der Waals surface area contributed by atoms with Crippen LogP contribution in [0.25, 0.3) is 22.5 Å². The van der Waals surface area contributed by atoms with Crippen molar-refractivity contribution in [1.29, 1.82) is 0 Å². The number of likely N-dealkylation sites (N-methyl/N-ethyl adjacent to an activating group) is 2. The number of benzene rings is 2. The molecule has 0 bridgehead atoms. The largest absolute Gasteiger partial charge is 0.494 e. The summed E-state index contributed by atoms with van der Waals surface area (Å²) in [6.45, 7) is 12.4. The number of hydrogen-bond donors (Lipinski definition) is 4. The normalized spacial score (nSPS) is 12.5. The molecule has 4 N–H and O–H groups in total. The first-order valence-electron chi connectivity index (χ1n) is 22.7. The van der Waals surface area contributed by atoms with E-state index in [1.807, 2.05) is 89.6 Å². The Morgan fingerprint density at radius 2 is 1.35 bits per heavy atom. The average molecular weight is 1010 g/mol. The molecule has 376 valence electrons. The van der Waals surface area contributed by atoms with Gasteiger partial charge >= 0.3 is 0 Å². The maximum Gasteiger partial charge on any atom is 0.247 e. The minimum atomic E-state index is -0.313. The smallest absolute Gasteiger partial charge is 0.247 e. The van der Waals surface area contributed by atoms with Crippen molar-refractivity contribution in [1.82, 2.24) is 44.1 Å². The van der Waals surface area contributed by atoms with Crippen molar-refractivity contribution < 1.29 is 19.1 Å². The second-order valence-electron chi connectivity index (χ2n) is 17.3. The first-order chi connectivity index (χ1) is 33.9. The molecule has 0 saturated carbocycles. The van der Waals surface area contributed by atoms with Gasteiger partial charge in [0, 0.05) is 95.2 Å². The Morgan fingerprint density at radius 3 is 1.87 bits per heavy atom. The van der Waals surface area contributed by atoms with Crippen LogP contribution < -0.4 is 40.5 Å². The Kier molecular flexibility index (Phi) is 18.0. The number of halogens is 2. The number of piperidine rings is 1. The molecule has 7 rings (SSSR count). The second-order valence-corrected chi connectivity index (χ2v) is 18.1. The van der Waals surface area contributed by atoms with Gasteiger partial charge in [0.1, 0.15) is 11.5 Å². The van der Waals surface area contributed by atoms with E-state index in [-0.39, 0.29) is 11.8 Å². The number of amides is 2. The molecule has 71 heavy (non-hydrogen) atoms. The highest BCUT2D eigenvalue weighted by Crippen LogP contribution is 2.41.